The molecule has 78 valence electrons. The van der Waals surface area contributed by atoms with Gasteiger partial charge in [0.05, 0.1) is 25.5 Å². The number of hydrogen-bond acceptors (Lipinski definition) is 3. The lowest BCUT2D eigenvalue weighted by atomic mass is 9.97. The minimum absolute atomic E-state index is 0.0490. The third kappa shape index (κ3) is 3.26. The molecule has 1 unspecified atom stereocenters. The zero-order valence-corrected chi connectivity index (χ0v) is 8.99. The predicted molar refractivity (Wildman–Crippen MR) is 56.4 cm³/mol. The Hall–Kier alpha value is -1.53. The highest BCUT2D eigenvalue weighted by Crippen LogP contribution is 2.22. The van der Waals surface area contributed by atoms with Crippen molar-refractivity contribution in [2.24, 2.45) is 0 Å². The van der Waals surface area contributed by atoms with Crippen molar-refractivity contribution < 1.29 is 9.53 Å². The lowest BCUT2D eigenvalue weighted by molar-refractivity contribution is -0.140. The number of carbonyl (C=O) groups excluding carboxylic acids is 1. The van der Waals surface area contributed by atoms with Crippen molar-refractivity contribution in [2.75, 3.05) is 7.11 Å². The number of nitrogens with zero attached hydrogens (tertiary/aromatic N) is 1. The molecule has 0 aliphatic rings. The SMILES string of the molecule is COC(=O)CC(C#N)c1cccc(Cl)c1. The van der Waals surface area contributed by atoms with E-state index in [2.05, 4.69) is 10.8 Å². The molecule has 0 N–H and O–H groups in total. The topological polar surface area (TPSA) is 50.1 Å². The average Bonchev–Trinajstić information content (AvgIpc) is 2.25. The van der Waals surface area contributed by atoms with Crippen LogP contribution in [0, 0.1) is 11.3 Å². The van der Waals surface area contributed by atoms with E-state index in [-0.39, 0.29) is 6.42 Å². The lowest BCUT2D eigenvalue weighted by Crippen LogP contribution is -2.07. The number of benzene rings is 1. The number of halogens is 1. The Labute approximate surface area is 93.2 Å². The average molecular weight is 224 g/mol. The van der Waals surface area contributed by atoms with E-state index >= 15 is 0 Å². The van der Waals surface area contributed by atoms with Gasteiger partial charge in [-0.05, 0) is 17.7 Å². The Balaban J connectivity index is 2.84. The van der Waals surface area contributed by atoms with E-state index < -0.39 is 11.9 Å². The smallest absolute Gasteiger partial charge is 0.307 e. The third-order valence-corrected chi connectivity index (χ3v) is 2.24. The molecule has 0 bridgehead atoms. The first-order chi connectivity index (χ1) is 7.17. The summed E-state index contributed by atoms with van der Waals surface area (Å²) in [5.74, 6) is -0.905. The maximum atomic E-state index is 11.0. The number of carbonyl (C=O) groups is 1. The standard InChI is InChI=1S/C11H10ClNO2/c1-15-11(14)6-9(7-13)8-3-2-4-10(12)5-8/h2-5,9H,6H2,1H3. The highest BCUT2D eigenvalue weighted by atomic mass is 35.5. The summed E-state index contributed by atoms with van der Waals surface area (Å²) >= 11 is 5.79. The molecule has 1 aromatic carbocycles. The molecule has 0 radical (unpaired) electrons. The van der Waals surface area contributed by atoms with Gasteiger partial charge in [0.2, 0.25) is 0 Å². The van der Waals surface area contributed by atoms with Crippen LogP contribution in [0.15, 0.2) is 24.3 Å². The normalized spacial score (nSPS) is 11.5. The molecule has 1 aromatic rings. The summed E-state index contributed by atoms with van der Waals surface area (Å²) in [7, 11) is 1.30. The summed E-state index contributed by atoms with van der Waals surface area (Å²) in [6.07, 6.45) is 0.0490. The summed E-state index contributed by atoms with van der Waals surface area (Å²) in [5, 5.41) is 9.47. The van der Waals surface area contributed by atoms with Crippen LogP contribution in [-0.2, 0) is 9.53 Å². The van der Waals surface area contributed by atoms with E-state index in [0.29, 0.717) is 5.02 Å². The molecule has 0 aliphatic heterocycles. The highest BCUT2D eigenvalue weighted by Gasteiger charge is 2.15. The van der Waals surface area contributed by atoms with Crippen LogP contribution >= 0.6 is 11.6 Å². The Morgan fingerprint density at radius 1 is 1.67 bits per heavy atom. The van der Waals surface area contributed by atoms with Crippen LogP contribution in [0.1, 0.15) is 17.9 Å². The van der Waals surface area contributed by atoms with Gasteiger partial charge < -0.3 is 4.74 Å². The van der Waals surface area contributed by atoms with Crippen molar-refractivity contribution in [3.05, 3.63) is 34.9 Å². The maximum Gasteiger partial charge on any atom is 0.307 e. The molecule has 0 fully saturated rings. The van der Waals surface area contributed by atoms with Crippen molar-refractivity contribution in [3.8, 4) is 6.07 Å². The van der Waals surface area contributed by atoms with Crippen LogP contribution in [0.5, 0.6) is 0 Å². The van der Waals surface area contributed by atoms with E-state index in [0.717, 1.165) is 5.56 Å². The number of ether oxygens (including phenoxy) is 1. The van der Waals surface area contributed by atoms with Crippen molar-refractivity contribution in [3.63, 3.8) is 0 Å². The summed E-state index contributed by atoms with van der Waals surface area (Å²) in [5.41, 5.74) is 0.732. The highest BCUT2D eigenvalue weighted by molar-refractivity contribution is 6.30. The van der Waals surface area contributed by atoms with Crippen molar-refractivity contribution >= 4 is 17.6 Å². The first kappa shape index (κ1) is 11.5. The Bertz CT molecular complexity index is 398. The summed E-state index contributed by atoms with van der Waals surface area (Å²) < 4.78 is 4.51. The number of rotatable bonds is 3. The summed E-state index contributed by atoms with van der Waals surface area (Å²) in [4.78, 5) is 11.0. The van der Waals surface area contributed by atoms with E-state index in [1.54, 1.807) is 24.3 Å². The first-order valence-electron chi connectivity index (χ1n) is 4.39. The second kappa shape index (κ2) is 5.38. The number of methoxy groups -OCH3 is 1. The molecule has 1 rings (SSSR count). The predicted octanol–water partition coefficient (Wildman–Crippen LogP) is 2.51. The molecule has 0 aliphatic carbocycles. The fourth-order valence-electron chi connectivity index (χ4n) is 1.21. The Morgan fingerprint density at radius 3 is 2.93 bits per heavy atom. The maximum absolute atomic E-state index is 11.0. The summed E-state index contributed by atoms with van der Waals surface area (Å²) in [6.45, 7) is 0. The minimum Gasteiger partial charge on any atom is -0.469 e. The summed E-state index contributed by atoms with van der Waals surface area (Å²) in [6, 6.07) is 8.97. The van der Waals surface area contributed by atoms with Gasteiger partial charge in [-0.25, -0.2) is 0 Å². The lowest BCUT2D eigenvalue weighted by Gasteiger charge is -2.07. The van der Waals surface area contributed by atoms with Crippen molar-refractivity contribution in [1.29, 1.82) is 5.26 Å². The van der Waals surface area contributed by atoms with Gasteiger partial charge in [0.25, 0.3) is 0 Å². The molecular formula is C11H10ClNO2. The van der Waals surface area contributed by atoms with Gasteiger partial charge in [-0.15, -0.1) is 0 Å². The van der Waals surface area contributed by atoms with Crippen LogP contribution in [0.3, 0.4) is 0 Å². The molecule has 0 aromatic heterocycles. The molecule has 0 heterocycles. The van der Waals surface area contributed by atoms with Crippen molar-refractivity contribution in [2.45, 2.75) is 12.3 Å². The van der Waals surface area contributed by atoms with Gasteiger partial charge in [-0.1, -0.05) is 23.7 Å². The van der Waals surface area contributed by atoms with Gasteiger partial charge in [0.15, 0.2) is 0 Å². The molecule has 0 saturated carbocycles. The molecule has 1 atom stereocenters. The zero-order valence-electron chi connectivity index (χ0n) is 8.24. The number of esters is 1. The fourth-order valence-corrected chi connectivity index (χ4v) is 1.41. The molecular weight excluding hydrogens is 214 g/mol. The second-order valence-electron chi connectivity index (χ2n) is 3.02. The van der Waals surface area contributed by atoms with Crippen LogP contribution in [0.4, 0.5) is 0 Å². The first-order valence-corrected chi connectivity index (χ1v) is 4.77. The van der Waals surface area contributed by atoms with Crippen LogP contribution in [-0.4, -0.2) is 13.1 Å². The number of nitriles is 1. The second-order valence-corrected chi connectivity index (χ2v) is 3.45. The van der Waals surface area contributed by atoms with E-state index in [1.165, 1.54) is 7.11 Å². The molecule has 0 saturated heterocycles. The quantitative estimate of drug-likeness (QED) is 0.740. The molecule has 15 heavy (non-hydrogen) atoms. The van der Waals surface area contributed by atoms with E-state index in [1.807, 2.05) is 0 Å². The van der Waals surface area contributed by atoms with Crippen LogP contribution in [0.2, 0.25) is 5.02 Å². The van der Waals surface area contributed by atoms with Gasteiger partial charge in [0.1, 0.15) is 0 Å². The van der Waals surface area contributed by atoms with Gasteiger partial charge in [-0.3, -0.25) is 4.79 Å². The van der Waals surface area contributed by atoms with Gasteiger partial charge in [-0.2, -0.15) is 5.26 Å². The molecule has 0 spiro atoms. The Kier molecular flexibility index (Phi) is 4.14. The number of hydrogen-bond donors (Lipinski definition) is 0. The largest absolute Gasteiger partial charge is 0.469 e. The van der Waals surface area contributed by atoms with Crippen LogP contribution in [0.25, 0.3) is 0 Å². The molecule has 4 heteroatoms. The monoisotopic (exact) mass is 223 g/mol. The molecule has 0 amide bonds. The van der Waals surface area contributed by atoms with E-state index in [4.69, 9.17) is 16.9 Å². The third-order valence-electron chi connectivity index (χ3n) is 2.01. The van der Waals surface area contributed by atoms with E-state index in [9.17, 15) is 4.79 Å². The zero-order chi connectivity index (χ0) is 11.3. The minimum atomic E-state index is -0.504. The van der Waals surface area contributed by atoms with Gasteiger partial charge in [0, 0.05) is 5.02 Å². The van der Waals surface area contributed by atoms with Gasteiger partial charge >= 0.3 is 5.97 Å². The molecule has 3 nitrogen and oxygen atoms in total. The van der Waals surface area contributed by atoms with Crippen LogP contribution < -0.4 is 0 Å². The fraction of sp³-hybridized carbons (Fsp3) is 0.273. The Morgan fingerprint density at radius 2 is 2.40 bits per heavy atom. The van der Waals surface area contributed by atoms with Crippen molar-refractivity contribution in [1.82, 2.24) is 0 Å².